The summed E-state index contributed by atoms with van der Waals surface area (Å²) in [5.74, 6) is -0.411. The first-order chi connectivity index (χ1) is 13.3. The summed E-state index contributed by atoms with van der Waals surface area (Å²) >= 11 is 5.90. The van der Waals surface area contributed by atoms with Crippen molar-refractivity contribution >= 4 is 45.2 Å². The molecule has 1 aromatic heterocycles. The zero-order chi connectivity index (χ0) is 20.4. The van der Waals surface area contributed by atoms with Crippen LogP contribution in [0.5, 0.6) is 5.75 Å². The van der Waals surface area contributed by atoms with Crippen LogP contribution in [0.4, 0.5) is 0 Å². The fourth-order valence-corrected chi connectivity index (χ4v) is 3.51. The number of ether oxygens (including phenoxy) is 1. The first kappa shape index (κ1) is 19.9. The van der Waals surface area contributed by atoms with Crippen LogP contribution in [-0.2, 0) is 22.1 Å². The minimum absolute atomic E-state index is 0.195. The molecule has 3 rings (SSSR count). The van der Waals surface area contributed by atoms with Gasteiger partial charge in [-0.15, -0.1) is 0 Å². The van der Waals surface area contributed by atoms with E-state index in [1.165, 1.54) is 11.7 Å². The number of thiol groups is 1. The van der Waals surface area contributed by atoms with E-state index in [9.17, 15) is 18.0 Å². The molecule has 0 spiro atoms. The van der Waals surface area contributed by atoms with Crippen molar-refractivity contribution in [3.05, 3.63) is 64.3 Å². The Kier molecular flexibility index (Phi) is 5.71. The number of rotatable bonds is 5. The fraction of sp³-hybridized carbons (Fsp3) is 0.158. The number of hydrogen-bond acceptors (Lipinski definition) is 5. The number of aromatic nitrogens is 1. The molecule has 146 valence electrons. The predicted octanol–water partition coefficient (Wildman–Crippen LogP) is 2.49. The number of methoxy groups -OCH3 is 1. The van der Waals surface area contributed by atoms with Crippen LogP contribution >= 0.6 is 11.6 Å². The normalized spacial score (nSPS) is 11.0. The van der Waals surface area contributed by atoms with Crippen LogP contribution in [0.25, 0.3) is 10.9 Å². The van der Waals surface area contributed by atoms with Crippen molar-refractivity contribution in [1.29, 1.82) is 0 Å². The highest BCUT2D eigenvalue weighted by atomic mass is 35.5. The summed E-state index contributed by atoms with van der Waals surface area (Å²) in [7, 11) is -1.54. The largest absolute Gasteiger partial charge is 0.497 e. The number of carbonyl (C=O) groups excluding carboxylic acids is 2. The van der Waals surface area contributed by atoms with Crippen molar-refractivity contribution in [2.75, 3.05) is 7.11 Å². The highest BCUT2D eigenvalue weighted by Gasteiger charge is 2.22. The molecule has 2 aromatic carbocycles. The monoisotopic (exact) mass is 420 g/mol. The Balaban J connectivity index is 2.17. The Labute approximate surface area is 167 Å². The van der Waals surface area contributed by atoms with Gasteiger partial charge in [0.25, 0.3) is 5.91 Å². The van der Waals surface area contributed by atoms with E-state index >= 15 is 0 Å². The van der Waals surface area contributed by atoms with E-state index in [-0.39, 0.29) is 12.3 Å². The first-order valence-corrected chi connectivity index (χ1v) is 9.79. The lowest BCUT2D eigenvalue weighted by molar-refractivity contribution is -0.118. The second-order valence-corrected chi connectivity index (χ2v) is 7.24. The summed E-state index contributed by atoms with van der Waals surface area (Å²) in [6, 6.07) is 11.6. The second kappa shape index (κ2) is 8.04. The van der Waals surface area contributed by atoms with E-state index < -0.39 is 16.8 Å². The quantitative estimate of drug-likeness (QED) is 0.618. The number of hydrogen-bond donors (Lipinski definition) is 2. The Hall–Kier alpha value is -2.84. The van der Waals surface area contributed by atoms with Crippen molar-refractivity contribution < 1.29 is 22.7 Å². The summed E-state index contributed by atoms with van der Waals surface area (Å²) in [4.78, 5) is 25.1. The molecule has 0 fully saturated rings. The number of nitrogens with zero attached hydrogens (tertiary/aromatic N) is 1. The van der Waals surface area contributed by atoms with E-state index in [1.807, 2.05) is 4.72 Å². The van der Waals surface area contributed by atoms with Gasteiger partial charge in [-0.1, -0.05) is 11.6 Å². The minimum atomic E-state index is -3.05. The van der Waals surface area contributed by atoms with Crippen molar-refractivity contribution in [3.63, 3.8) is 0 Å². The molecule has 0 saturated heterocycles. The number of amides is 1. The summed E-state index contributed by atoms with van der Waals surface area (Å²) in [6.07, 6.45) is -0.195. The van der Waals surface area contributed by atoms with E-state index in [2.05, 4.69) is 0 Å². The SMILES string of the molecule is COc1ccc2c(c1)c(CC(=O)N[SH](=O)=O)c(C)n2C(=O)c1ccc(Cl)cc1. The zero-order valence-corrected chi connectivity index (χ0v) is 16.7. The standard InChI is InChI=1S/C19H17ClN2O5S/c1-11-15(10-18(23)21-28(25)26)16-9-14(27-2)7-8-17(16)22(11)19(24)12-3-5-13(20)6-4-12/h3-9,28H,10H2,1-2H3,(H,21,23,25,26). The van der Waals surface area contributed by atoms with Gasteiger partial charge in [0.1, 0.15) is 5.75 Å². The average Bonchev–Trinajstić information content (AvgIpc) is 2.92. The van der Waals surface area contributed by atoms with Crippen LogP contribution in [0.1, 0.15) is 21.6 Å². The lowest BCUT2D eigenvalue weighted by Crippen LogP contribution is -2.23. The molecular weight excluding hydrogens is 404 g/mol. The Morgan fingerprint density at radius 1 is 1.14 bits per heavy atom. The molecule has 1 N–H and O–H groups in total. The number of halogens is 1. The highest BCUT2D eigenvalue weighted by molar-refractivity contribution is 7.71. The Morgan fingerprint density at radius 2 is 1.82 bits per heavy atom. The molecule has 0 radical (unpaired) electrons. The van der Waals surface area contributed by atoms with Crippen LogP contribution in [0.3, 0.4) is 0 Å². The third-order valence-electron chi connectivity index (χ3n) is 4.39. The molecule has 1 amide bonds. The van der Waals surface area contributed by atoms with Gasteiger partial charge in [0.2, 0.25) is 16.8 Å². The van der Waals surface area contributed by atoms with Crippen LogP contribution in [0.15, 0.2) is 42.5 Å². The molecule has 0 bridgehead atoms. The number of benzene rings is 2. The van der Waals surface area contributed by atoms with Gasteiger partial charge in [0.05, 0.1) is 19.0 Å². The molecule has 28 heavy (non-hydrogen) atoms. The third kappa shape index (κ3) is 3.88. The van der Waals surface area contributed by atoms with Gasteiger partial charge in [-0.25, -0.2) is 8.42 Å². The smallest absolute Gasteiger partial charge is 0.262 e. The fourth-order valence-electron chi connectivity index (χ4n) is 3.10. The van der Waals surface area contributed by atoms with Gasteiger partial charge in [-0.2, -0.15) is 0 Å². The van der Waals surface area contributed by atoms with Crippen molar-refractivity contribution in [1.82, 2.24) is 9.29 Å². The highest BCUT2D eigenvalue weighted by Crippen LogP contribution is 2.30. The first-order valence-electron chi connectivity index (χ1n) is 8.24. The van der Waals surface area contributed by atoms with E-state index in [1.54, 1.807) is 49.4 Å². The van der Waals surface area contributed by atoms with E-state index in [4.69, 9.17) is 16.3 Å². The number of fused-ring (bicyclic) bond motifs is 1. The molecule has 7 nitrogen and oxygen atoms in total. The molecule has 0 saturated carbocycles. The van der Waals surface area contributed by atoms with Crippen LogP contribution in [0.2, 0.25) is 5.02 Å². The van der Waals surface area contributed by atoms with E-state index in [0.717, 1.165) is 0 Å². The van der Waals surface area contributed by atoms with Crippen LogP contribution in [0, 0.1) is 6.92 Å². The third-order valence-corrected chi connectivity index (χ3v) is 5.07. The molecule has 0 aliphatic carbocycles. The van der Waals surface area contributed by atoms with Gasteiger partial charge in [0, 0.05) is 21.7 Å². The molecule has 9 heteroatoms. The van der Waals surface area contributed by atoms with Gasteiger partial charge in [0.15, 0.2) is 0 Å². The maximum atomic E-state index is 13.1. The molecule has 0 atom stereocenters. The maximum absolute atomic E-state index is 13.1. The minimum Gasteiger partial charge on any atom is -0.497 e. The maximum Gasteiger partial charge on any atom is 0.262 e. The van der Waals surface area contributed by atoms with Crippen molar-refractivity contribution in [3.8, 4) is 5.75 Å². The molecule has 0 unspecified atom stereocenters. The van der Waals surface area contributed by atoms with Gasteiger partial charge < -0.3 is 4.74 Å². The summed E-state index contributed by atoms with van der Waals surface area (Å²) in [5, 5.41) is 1.15. The summed E-state index contributed by atoms with van der Waals surface area (Å²) in [5.41, 5.74) is 2.11. The summed E-state index contributed by atoms with van der Waals surface area (Å²) < 4.78 is 30.2. The Morgan fingerprint density at radius 3 is 2.43 bits per heavy atom. The zero-order valence-electron chi connectivity index (χ0n) is 15.1. The molecule has 3 aromatic rings. The second-order valence-electron chi connectivity index (χ2n) is 6.06. The Bertz CT molecular complexity index is 1140. The lowest BCUT2D eigenvalue weighted by Gasteiger charge is -2.08. The molecule has 0 aliphatic heterocycles. The number of nitrogens with one attached hydrogen (secondary N) is 1. The topological polar surface area (TPSA) is 94.5 Å². The van der Waals surface area contributed by atoms with E-state index in [0.29, 0.717) is 38.5 Å². The van der Waals surface area contributed by atoms with Crippen LogP contribution < -0.4 is 9.46 Å². The molecule has 0 aliphatic rings. The lowest BCUT2D eigenvalue weighted by atomic mass is 10.1. The molecular formula is C19H17ClN2O5S. The van der Waals surface area contributed by atoms with Gasteiger partial charge >= 0.3 is 0 Å². The average molecular weight is 421 g/mol. The van der Waals surface area contributed by atoms with Crippen molar-refractivity contribution in [2.24, 2.45) is 0 Å². The van der Waals surface area contributed by atoms with Gasteiger partial charge in [-0.3, -0.25) is 18.9 Å². The number of carbonyl (C=O) groups is 2. The predicted molar refractivity (Wildman–Crippen MR) is 107 cm³/mol. The summed E-state index contributed by atoms with van der Waals surface area (Å²) in [6.45, 7) is 1.71. The van der Waals surface area contributed by atoms with Crippen molar-refractivity contribution in [2.45, 2.75) is 13.3 Å². The van der Waals surface area contributed by atoms with Gasteiger partial charge in [-0.05, 0) is 55.0 Å². The van der Waals surface area contributed by atoms with Crippen LogP contribution in [-0.4, -0.2) is 31.9 Å². The molecule has 1 heterocycles.